The van der Waals surface area contributed by atoms with Crippen LogP contribution in [0, 0.1) is 0 Å². The zero-order valence-corrected chi connectivity index (χ0v) is 11.3. The van der Waals surface area contributed by atoms with E-state index in [1.807, 2.05) is 30.3 Å². The molecule has 3 aromatic rings. The Morgan fingerprint density at radius 3 is 2.60 bits per heavy atom. The van der Waals surface area contributed by atoms with E-state index in [9.17, 15) is 0 Å². The molecule has 6 heteroatoms. The zero-order valence-electron chi connectivity index (χ0n) is 10.6. The smallest absolute Gasteiger partial charge is 0.185 e. The Hall–Kier alpha value is -2.40. The normalized spacial score (nSPS) is 10.7. The SMILES string of the molecule is Nc1cccc(Cl)c1-c1nnnn1Cc1ccccc1. The number of anilines is 1. The Bertz CT molecular complexity index is 703. The first-order chi connectivity index (χ1) is 9.75. The lowest BCUT2D eigenvalue weighted by molar-refractivity contribution is 0.653. The van der Waals surface area contributed by atoms with Gasteiger partial charge in [-0.15, -0.1) is 5.10 Å². The minimum atomic E-state index is 0.536. The van der Waals surface area contributed by atoms with Crippen LogP contribution in [0.5, 0.6) is 0 Å². The van der Waals surface area contributed by atoms with Crippen molar-refractivity contribution in [2.24, 2.45) is 0 Å². The van der Waals surface area contributed by atoms with E-state index in [4.69, 9.17) is 17.3 Å². The first-order valence-electron chi connectivity index (χ1n) is 6.10. The van der Waals surface area contributed by atoms with Gasteiger partial charge in [0.15, 0.2) is 5.82 Å². The molecule has 0 amide bonds. The lowest BCUT2D eigenvalue weighted by Gasteiger charge is -2.08. The van der Waals surface area contributed by atoms with E-state index in [-0.39, 0.29) is 0 Å². The molecule has 0 saturated carbocycles. The molecule has 0 fully saturated rings. The maximum atomic E-state index is 6.21. The largest absolute Gasteiger partial charge is 0.398 e. The standard InChI is InChI=1S/C14H12ClN5/c15-11-7-4-8-12(16)13(11)14-17-18-19-20(14)9-10-5-2-1-3-6-10/h1-8H,9,16H2. The van der Waals surface area contributed by atoms with Crippen molar-refractivity contribution in [2.45, 2.75) is 6.54 Å². The second kappa shape index (κ2) is 5.30. The third-order valence-electron chi connectivity index (χ3n) is 2.98. The van der Waals surface area contributed by atoms with E-state index in [1.54, 1.807) is 22.9 Å². The van der Waals surface area contributed by atoms with Crippen molar-refractivity contribution in [3.63, 3.8) is 0 Å². The minimum absolute atomic E-state index is 0.536. The topological polar surface area (TPSA) is 69.6 Å². The Labute approximate surface area is 121 Å². The Kier molecular flexibility index (Phi) is 3.35. The van der Waals surface area contributed by atoms with Crippen molar-refractivity contribution in [1.82, 2.24) is 20.2 Å². The average Bonchev–Trinajstić information content (AvgIpc) is 2.88. The number of aromatic nitrogens is 4. The summed E-state index contributed by atoms with van der Waals surface area (Å²) in [4.78, 5) is 0. The summed E-state index contributed by atoms with van der Waals surface area (Å²) in [5.41, 5.74) is 8.30. The third kappa shape index (κ3) is 2.35. The van der Waals surface area contributed by atoms with Gasteiger partial charge in [0, 0.05) is 5.69 Å². The number of tetrazole rings is 1. The van der Waals surface area contributed by atoms with E-state index in [2.05, 4.69) is 15.5 Å². The summed E-state index contributed by atoms with van der Waals surface area (Å²) in [6.07, 6.45) is 0. The van der Waals surface area contributed by atoms with Crippen molar-refractivity contribution >= 4 is 17.3 Å². The number of nitrogen functional groups attached to an aromatic ring is 1. The first-order valence-corrected chi connectivity index (χ1v) is 6.48. The maximum Gasteiger partial charge on any atom is 0.185 e. The monoisotopic (exact) mass is 285 g/mol. The molecule has 2 N–H and O–H groups in total. The Morgan fingerprint density at radius 1 is 1.05 bits per heavy atom. The van der Waals surface area contributed by atoms with Gasteiger partial charge in [-0.1, -0.05) is 48.0 Å². The molecular formula is C14H12ClN5. The molecular weight excluding hydrogens is 274 g/mol. The summed E-state index contributed by atoms with van der Waals surface area (Å²) in [6, 6.07) is 15.3. The number of hydrogen-bond acceptors (Lipinski definition) is 4. The number of nitrogens with two attached hydrogens (primary N) is 1. The van der Waals surface area contributed by atoms with Crippen LogP contribution in [0.25, 0.3) is 11.4 Å². The molecule has 1 heterocycles. The highest BCUT2D eigenvalue weighted by atomic mass is 35.5. The minimum Gasteiger partial charge on any atom is -0.398 e. The number of hydrogen-bond donors (Lipinski definition) is 1. The van der Waals surface area contributed by atoms with E-state index in [1.165, 1.54) is 0 Å². The van der Waals surface area contributed by atoms with Gasteiger partial charge in [0.25, 0.3) is 0 Å². The summed E-state index contributed by atoms with van der Waals surface area (Å²) in [7, 11) is 0. The van der Waals surface area contributed by atoms with Gasteiger partial charge in [-0.25, -0.2) is 4.68 Å². The molecule has 1 aromatic heterocycles. The van der Waals surface area contributed by atoms with Crippen LogP contribution in [0.1, 0.15) is 5.56 Å². The molecule has 0 aliphatic rings. The number of nitrogens with zero attached hydrogens (tertiary/aromatic N) is 4. The van der Waals surface area contributed by atoms with Gasteiger partial charge in [-0.2, -0.15) is 0 Å². The van der Waals surface area contributed by atoms with E-state index < -0.39 is 0 Å². The van der Waals surface area contributed by atoms with E-state index in [0.29, 0.717) is 28.6 Å². The predicted octanol–water partition coefficient (Wildman–Crippen LogP) is 2.62. The second-order valence-corrected chi connectivity index (χ2v) is 4.76. The number of benzene rings is 2. The molecule has 0 aliphatic heterocycles. The molecule has 0 saturated heterocycles. The van der Waals surface area contributed by atoms with Crippen LogP contribution in [-0.2, 0) is 6.54 Å². The summed E-state index contributed by atoms with van der Waals surface area (Å²) in [5.74, 6) is 0.567. The molecule has 20 heavy (non-hydrogen) atoms. The molecule has 5 nitrogen and oxygen atoms in total. The fraction of sp³-hybridized carbons (Fsp3) is 0.0714. The van der Waals surface area contributed by atoms with Gasteiger partial charge in [0.1, 0.15) is 0 Å². The lowest BCUT2D eigenvalue weighted by Crippen LogP contribution is -2.05. The van der Waals surface area contributed by atoms with Gasteiger partial charge < -0.3 is 5.73 Å². The molecule has 100 valence electrons. The summed E-state index contributed by atoms with van der Waals surface area (Å²) >= 11 is 6.21. The molecule has 2 aromatic carbocycles. The summed E-state index contributed by atoms with van der Waals surface area (Å²) in [6.45, 7) is 0.563. The quantitative estimate of drug-likeness (QED) is 0.751. The van der Waals surface area contributed by atoms with Crippen molar-refractivity contribution < 1.29 is 0 Å². The zero-order chi connectivity index (χ0) is 13.9. The van der Waals surface area contributed by atoms with Crippen LogP contribution in [-0.4, -0.2) is 20.2 Å². The Morgan fingerprint density at radius 2 is 1.85 bits per heavy atom. The highest BCUT2D eigenvalue weighted by Gasteiger charge is 2.15. The molecule has 3 rings (SSSR count). The number of halogens is 1. The lowest BCUT2D eigenvalue weighted by atomic mass is 10.1. The van der Waals surface area contributed by atoms with Gasteiger partial charge >= 0.3 is 0 Å². The summed E-state index contributed by atoms with van der Waals surface area (Å²) in [5, 5.41) is 12.3. The fourth-order valence-electron chi connectivity index (χ4n) is 2.02. The van der Waals surface area contributed by atoms with Crippen molar-refractivity contribution in [1.29, 1.82) is 0 Å². The predicted molar refractivity (Wildman–Crippen MR) is 78.2 cm³/mol. The van der Waals surface area contributed by atoms with E-state index in [0.717, 1.165) is 5.56 Å². The van der Waals surface area contributed by atoms with Gasteiger partial charge in [-0.3, -0.25) is 0 Å². The van der Waals surface area contributed by atoms with Crippen LogP contribution in [0.15, 0.2) is 48.5 Å². The molecule has 0 radical (unpaired) electrons. The highest BCUT2D eigenvalue weighted by molar-refractivity contribution is 6.33. The van der Waals surface area contributed by atoms with E-state index >= 15 is 0 Å². The van der Waals surface area contributed by atoms with Gasteiger partial charge in [0.2, 0.25) is 0 Å². The average molecular weight is 286 g/mol. The van der Waals surface area contributed by atoms with Crippen molar-refractivity contribution in [2.75, 3.05) is 5.73 Å². The summed E-state index contributed by atoms with van der Waals surface area (Å²) < 4.78 is 1.69. The molecule has 0 spiro atoms. The molecule has 0 aliphatic carbocycles. The van der Waals surface area contributed by atoms with Crippen LogP contribution < -0.4 is 5.73 Å². The fourth-order valence-corrected chi connectivity index (χ4v) is 2.29. The van der Waals surface area contributed by atoms with Crippen LogP contribution >= 0.6 is 11.6 Å². The van der Waals surface area contributed by atoms with Crippen molar-refractivity contribution in [3.8, 4) is 11.4 Å². The number of rotatable bonds is 3. The molecule has 0 atom stereocenters. The first kappa shape index (κ1) is 12.6. The van der Waals surface area contributed by atoms with Gasteiger partial charge in [-0.05, 0) is 28.1 Å². The van der Waals surface area contributed by atoms with Crippen LogP contribution in [0.2, 0.25) is 5.02 Å². The van der Waals surface area contributed by atoms with Crippen molar-refractivity contribution in [3.05, 3.63) is 59.1 Å². The van der Waals surface area contributed by atoms with Crippen LogP contribution in [0.3, 0.4) is 0 Å². The van der Waals surface area contributed by atoms with Gasteiger partial charge in [0.05, 0.1) is 17.1 Å². The Balaban J connectivity index is 2.03. The second-order valence-electron chi connectivity index (χ2n) is 4.35. The molecule has 0 unspecified atom stereocenters. The maximum absolute atomic E-state index is 6.21. The third-order valence-corrected chi connectivity index (χ3v) is 3.29. The molecule has 0 bridgehead atoms. The van der Waals surface area contributed by atoms with Crippen LogP contribution in [0.4, 0.5) is 5.69 Å². The highest BCUT2D eigenvalue weighted by Crippen LogP contribution is 2.31.